The fourth-order valence-corrected chi connectivity index (χ4v) is 1.09. The molecule has 0 aliphatic heterocycles. The highest BCUT2D eigenvalue weighted by molar-refractivity contribution is 5.31. The highest BCUT2D eigenvalue weighted by Crippen LogP contribution is 2.05. The van der Waals surface area contributed by atoms with Gasteiger partial charge in [-0.15, -0.1) is 11.5 Å². The van der Waals surface area contributed by atoms with Crippen LogP contribution in [0.3, 0.4) is 0 Å². The van der Waals surface area contributed by atoms with Crippen molar-refractivity contribution >= 4 is 5.95 Å². The van der Waals surface area contributed by atoms with Crippen LogP contribution >= 0.6 is 0 Å². The first kappa shape index (κ1) is 9.59. The zero-order valence-corrected chi connectivity index (χ0v) is 8.28. The van der Waals surface area contributed by atoms with Crippen LogP contribution in [0.2, 0.25) is 0 Å². The molecule has 1 rings (SSSR count). The van der Waals surface area contributed by atoms with Crippen LogP contribution in [-0.4, -0.2) is 28.4 Å². The van der Waals surface area contributed by atoms with Crippen molar-refractivity contribution in [2.24, 2.45) is 7.05 Å². The van der Waals surface area contributed by atoms with E-state index in [1.807, 2.05) is 11.9 Å². The van der Waals surface area contributed by atoms with Crippen molar-refractivity contribution in [3.63, 3.8) is 0 Å². The van der Waals surface area contributed by atoms with E-state index in [-0.39, 0.29) is 0 Å². The number of aromatic nitrogens is 3. The molecule has 0 amide bonds. The van der Waals surface area contributed by atoms with E-state index in [0.717, 1.165) is 13.0 Å². The monoisotopic (exact) mass is 178 g/mol. The number of anilines is 1. The predicted octanol–water partition coefficient (Wildman–Crippen LogP) is 0.643. The molecule has 70 valence electrons. The SMILES string of the molecule is C#Cc1nc(N(C)CCC)nn1C. The van der Waals surface area contributed by atoms with Gasteiger partial charge in [0.05, 0.1) is 0 Å². The number of aryl methyl sites for hydroxylation is 1. The van der Waals surface area contributed by atoms with E-state index in [0.29, 0.717) is 11.8 Å². The molecule has 4 nitrogen and oxygen atoms in total. The summed E-state index contributed by atoms with van der Waals surface area (Å²) in [7, 11) is 3.75. The van der Waals surface area contributed by atoms with Gasteiger partial charge in [-0.1, -0.05) is 6.92 Å². The third-order valence-electron chi connectivity index (χ3n) is 1.78. The van der Waals surface area contributed by atoms with E-state index in [1.165, 1.54) is 0 Å². The molecule has 0 fully saturated rings. The zero-order valence-electron chi connectivity index (χ0n) is 8.28. The molecule has 0 aromatic carbocycles. The van der Waals surface area contributed by atoms with Crippen molar-refractivity contribution in [3.8, 4) is 12.3 Å². The third kappa shape index (κ3) is 2.00. The zero-order chi connectivity index (χ0) is 9.84. The second kappa shape index (κ2) is 3.94. The van der Waals surface area contributed by atoms with Crippen molar-refractivity contribution in [2.75, 3.05) is 18.5 Å². The van der Waals surface area contributed by atoms with Gasteiger partial charge in [0.1, 0.15) is 0 Å². The maximum Gasteiger partial charge on any atom is 0.245 e. The maximum atomic E-state index is 5.25. The lowest BCUT2D eigenvalue weighted by molar-refractivity contribution is 0.739. The largest absolute Gasteiger partial charge is 0.343 e. The molecule has 0 saturated carbocycles. The lowest BCUT2D eigenvalue weighted by Gasteiger charge is -2.11. The minimum Gasteiger partial charge on any atom is -0.343 e. The van der Waals surface area contributed by atoms with E-state index < -0.39 is 0 Å². The van der Waals surface area contributed by atoms with Crippen LogP contribution in [-0.2, 0) is 7.05 Å². The molecule has 1 aromatic rings. The summed E-state index contributed by atoms with van der Waals surface area (Å²) >= 11 is 0. The Balaban J connectivity index is 2.85. The van der Waals surface area contributed by atoms with Crippen LogP contribution in [0, 0.1) is 12.3 Å². The summed E-state index contributed by atoms with van der Waals surface area (Å²) < 4.78 is 1.61. The van der Waals surface area contributed by atoms with Gasteiger partial charge in [-0.3, -0.25) is 0 Å². The van der Waals surface area contributed by atoms with Crippen LogP contribution in [0.4, 0.5) is 5.95 Å². The lowest BCUT2D eigenvalue weighted by atomic mass is 10.4. The number of hydrogen-bond acceptors (Lipinski definition) is 3. The first-order valence-corrected chi connectivity index (χ1v) is 4.27. The van der Waals surface area contributed by atoms with Gasteiger partial charge in [0.25, 0.3) is 0 Å². The van der Waals surface area contributed by atoms with E-state index in [9.17, 15) is 0 Å². The first-order valence-electron chi connectivity index (χ1n) is 4.27. The maximum absolute atomic E-state index is 5.25. The Morgan fingerprint density at radius 2 is 2.31 bits per heavy atom. The van der Waals surface area contributed by atoms with E-state index in [1.54, 1.807) is 11.7 Å². The number of hydrogen-bond donors (Lipinski definition) is 0. The van der Waals surface area contributed by atoms with Crippen molar-refractivity contribution in [3.05, 3.63) is 5.82 Å². The topological polar surface area (TPSA) is 34.0 Å². The average Bonchev–Trinajstić information content (AvgIpc) is 2.47. The second-order valence-corrected chi connectivity index (χ2v) is 2.92. The minimum absolute atomic E-state index is 0.568. The molecule has 0 N–H and O–H groups in total. The third-order valence-corrected chi connectivity index (χ3v) is 1.78. The molecule has 1 heterocycles. The molecule has 1 aromatic heterocycles. The smallest absolute Gasteiger partial charge is 0.245 e. The van der Waals surface area contributed by atoms with Crippen LogP contribution in [0.5, 0.6) is 0 Å². The van der Waals surface area contributed by atoms with Crippen molar-refractivity contribution in [1.29, 1.82) is 0 Å². The fraction of sp³-hybridized carbons (Fsp3) is 0.556. The van der Waals surface area contributed by atoms with Crippen LogP contribution in [0.25, 0.3) is 0 Å². The van der Waals surface area contributed by atoms with Crippen molar-refractivity contribution in [2.45, 2.75) is 13.3 Å². The van der Waals surface area contributed by atoms with Gasteiger partial charge in [0, 0.05) is 20.6 Å². The second-order valence-electron chi connectivity index (χ2n) is 2.92. The molecule has 4 heteroatoms. The molecule has 0 unspecified atom stereocenters. The summed E-state index contributed by atoms with van der Waals surface area (Å²) in [4.78, 5) is 6.18. The Kier molecular flexibility index (Phi) is 2.91. The van der Waals surface area contributed by atoms with Crippen LogP contribution < -0.4 is 4.90 Å². The summed E-state index contributed by atoms with van der Waals surface area (Å²) in [5, 5.41) is 4.19. The van der Waals surface area contributed by atoms with Gasteiger partial charge in [-0.05, 0) is 12.3 Å². The van der Waals surface area contributed by atoms with Gasteiger partial charge >= 0.3 is 0 Å². The molecule has 0 aliphatic rings. The van der Waals surface area contributed by atoms with Gasteiger partial charge in [0.2, 0.25) is 11.8 Å². The Hall–Kier alpha value is -1.50. The van der Waals surface area contributed by atoms with E-state index in [2.05, 4.69) is 22.9 Å². The predicted molar refractivity (Wildman–Crippen MR) is 52.5 cm³/mol. The first-order chi connectivity index (χ1) is 6.19. The van der Waals surface area contributed by atoms with Crippen molar-refractivity contribution < 1.29 is 0 Å². The van der Waals surface area contributed by atoms with E-state index >= 15 is 0 Å². The average molecular weight is 178 g/mol. The molecular weight excluding hydrogens is 164 g/mol. The number of rotatable bonds is 3. The Morgan fingerprint density at radius 1 is 1.62 bits per heavy atom. The summed E-state index contributed by atoms with van der Waals surface area (Å²) in [6.45, 7) is 3.05. The van der Waals surface area contributed by atoms with Gasteiger partial charge in [-0.25, -0.2) is 4.68 Å². The molecule has 13 heavy (non-hydrogen) atoms. The Labute approximate surface area is 78.6 Å². The Morgan fingerprint density at radius 3 is 2.77 bits per heavy atom. The Bertz CT molecular complexity index is 321. The summed E-state index contributed by atoms with van der Waals surface area (Å²) in [5.41, 5.74) is 0. The number of terminal acetylenes is 1. The summed E-state index contributed by atoms with van der Waals surface area (Å²) in [6.07, 6.45) is 6.32. The molecule has 0 aliphatic carbocycles. The quantitative estimate of drug-likeness (QED) is 0.637. The molecule has 0 saturated heterocycles. The van der Waals surface area contributed by atoms with Crippen molar-refractivity contribution in [1.82, 2.24) is 14.8 Å². The van der Waals surface area contributed by atoms with Gasteiger partial charge < -0.3 is 4.90 Å². The number of nitrogens with zero attached hydrogens (tertiary/aromatic N) is 4. The highest BCUT2D eigenvalue weighted by Gasteiger charge is 2.07. The molecule has 0 atom stereocenters. The van der Waals surface area contributed by atoms with E-state index in [4.69, 9.17) is 6.42 Å². The molecular formula is C9H14N4. The van der Waals surface area contributed by atoms with Gasteiger partial charge in [0.15, 0.2) is 0 Å². The molecule has 0 radical (unpaired) electrons. The van der Waals surface area contributed by atoms with Gasteiger partial charge in [-0.2, -0.15) is 4.98 Å². The minimum atomic E-state index is 0.568. The van der Waals surface area contributed by atoms with Crippen LogP contribution in [0.15, 0.2) is 0 Å². The summed E-state index contributed by atoms with van der Waals surface area (Å²) in [6, 6.07) is 0. The molecule has 0 bridgehead atoms. The lowest BCUT2D eigenvalue weighted by Crippen LogP contribution is -2.19. The normalized spacial score (nSPS) is 9.69. The van der Waals surface area contributed by atoms with Crippen LogP contribution in [0.1, 0.15) is 19.2 Å². The fourth-order valence-electron chi connectivity index (χ4n) is 1.09. The summed E-state index contributed by atoms with van der Waals surface area (Å²) in [5.74, 6) is 3.73. The standard InChI is InChI=1S/C9H14N4/c1-5-7-12(3)9-10-8(6-2)13(4)11-9/h2H,5,7H2,1,3-4H3. The highest BCUT2D eigenvalue weighted by atomic mass is 15.4. The molecule has 0 spiro atoms.